The largest absolute Gasteiger partial charge is 0.462 e. The molecule has 110 valence electrons. The molecule has 0 spiro atoms. The summed E-state index contributed by atoms with van der Waals surface area (Å²) in [5, 5.41) is 3.36. The lowest BCUT2D eigenvalue weighted by Crippen LogP contribution is -2.20. The molecular formula is C15H23N3O2. The number of hydrogen-bond donors (Lipinski definition) is 2. The Kier molecular flexibility index (Phi) is 4.16. The second-order valence-corrected chi connectivity index (χ2v) is 6.09. The van der Waals surface area contributed by atoms with E-state index in [4.69, 9.17) is 10.5 Å². The lowest BCUT2D eigenvalue weighted by molar-refractivity contribution is 0.0527. The van der Waals surface area contributed by atoms with Crippen LogP contribution in [-0.4, -0.2) is 23.6 Å². The molecule has 0 saturated heterocycles. The van der Waals surface area contributed by atoms with Gasteiger partial charge >= 0.3 is 5.97 Å². The van der Waals surface area contributed by atoms with Crippen molar-refractivity contribution in [3.05, 3.63) is 17.8 Å². The summed E-state index contributed by atoms with van der Waals surface area (Å²) in [5.74, 6) is 0.181. The highest BCUT2D eigenvalue weighted by molar-refractivity contribution is 5.97. The van der Waals surface area contributed by atoms with Crippen LogP contribution in [-0.2, 0) is 4.74 Å². The molecule has 1 aliphatic rings. The zero-order chi connectivity index (χ0) is 14.8. The lowest BCUT2D eigenvalue weighted by Gasteiger charge is -2.19. The van der Waals surface area contributed by atoms with E-state index in [9.17, 15) is 4.79 Å². The van der Waals surface area contributed by atoms with Crippen molar-refractivity contribution in [3.8, 4) is 0 Å². The highest BCUT2D eigenvalue weighted by Crippen LogP contribution is 2.38. The number of esters is 1. The third kappa shape index (κ3) is 3.21. The number of nitrogens with two attached hydrogens (primary N) is 1. The molecule has 20 heavy (non-hydrogen) atoms. The van der Waals surface area contributed by atoms with Crippen molar-refractivity contribution >= 4 is 17.5 Å². The lowest BCUT2D eigenvalue weighted by atomic mass is 9.92. The zero-order valence-corrected chi connectivity index (χ0v) is 12.4. The van der Waals surface area contributed by atoms with Crippen LogP contribution in [0.15, 0.2) is 12.3 Å². The number of rotatable bonds is 4. The second kappa shape index (κ2) is 5.69. The summed E-state index contributed by atoms with van der Waals surface area (Å²) >= 11 is 0. The van der Waals surface area contributed by atoms with Gasteiger partial charge in [0.1, 0.15) is 5.82 Å². The van der Waals surface area contributed by atoms with E-state index in [0.717, 1.165) is 12.8 Å². The Hall–Kier alpha value is -1.78. The Morgan fingerprint density at radius 2 is 2.35 bits per heavy atom. The average Bonchev–Trinajstić information content (AvgIpc) is 2.71. The molecule has 5 heteroatoms. The number of carbonyl (C=O) groups is 1. The molecule has 0 aliphatic heterocycles. The number of pyridine rings is 1. The van der Waals surface area contributed by atoms with Crippen LogP contribution in [0.2, 0.25) is 0 Å². The number of aromatic nitrogens is 1. The van der Waals surface area contributed by atoms with Crippen molar-refractivity contribution in [2.24, 2.45) is 5.41 Å². The van der Waals surface area contributed by atoms with Gasteiger partial charge in [-0.3, -0.25) is 0 Å². The van der Waals surface area contributed by atoms with Crippen molar-refractivity contribution in [1.29, 1.82) is 0 Å². The molecular weight excluding hydrogens is 254 g/mol. The van der Waals surface area contributed by atoms with Crippen LogP contribution in [0.25, 0.3) is 0 Å². The van der Waals surface area contributed by atoms with E-state index in [-0.39, 0.29) is 0 Å². The maximum Gasteiger partial charge on any atom is 0.340 e. The molecule has 3 N–H and O–H groups in total. The fraction of sp³-hybridized carbons (Fsp3) is 0.600. The third-order valence-electron chi connectivity index (χ3n) is 3.79. The van der Waals surface area contributed by atoms with E-state index in [2.05, 4.69) is 24.1 Å². The molecule has 0 bridgehead atoms. The van der Waals surface area contributed by atoms with Crippen molar-refractivity contribution in [2.75, 3.05) is 17.7 Å². The van der Waals surface area contributed by atoms with Gasteiger partial charge in [0.05, 0.1) is 17.9 Å². The molecule has 0 aromatic carbocycles. The second-order valence-electron chi connectivity index (χ2n) is 6.09. The number of anilines is 2. The molecule has 1 fully saturated rings. The van der Waals surface area contributed by atoms with E-state index in [1.807, 2.05) is 0 Å². The maximum atomic E-state index is 11.8. The van der Waals surface area contributed by atoms with Gasteiger partial charge in [-0.05, 0) is 37.7 Å². The van der Waals surface area contributed by atoms with E-state index in [0.29, 0.717) is 35.1 Å². The standard InChI is InChI=1S/C15H23N3O2/c1-4-20-14(19)11-6-8-17-13(12(11)16)18-10-5-7-15(2,3)9-10/h6,8,10H,4-5,7,9,16H2,1-3H3,(H,17,18). The molecule has 5 nitrogen and oxygen atoms in total. The first-order valence-electron chi connectivity index (χ1n) is 7.11. The molecule has 1 aliphatic carbocycles. The summed E-state index contributed by atoms with van der Waals surface area (Å²) in [5.41, 5.74) is 7.13. The Morgan fingerprint density at radius 3 is 2.95 bits per heavy atom. The normalized spacial score (nSPS) is 20.6. The molecule has 1 unspecified atom stereocenters. The zero-order valence-electron chi connectivity index (χ0n) is 12.4. The Morgan fingerprint density at radius 1 is 1.60 bits per heavy atom. The van der Waals surface area contributed by atoms with Gasteiger partial charge in [0.2, 0.25) is 0 Å². The highest BCUT2D eigenvalue weighted by Gasteiger charge is 2.31. The van der Waals surface area contributed by atoms with Gasteiger partial charge in [0, 0.05) is 12.2 Å². The van der Waals surface area contributed by atoms with Crippen LogP contribution in [0.3, 0.4) is 0 Å². The minimum atomic E-state index is -0.401. The van der Waals surface area contributed by atoms with Gasteiger partial charge in [-0.2, -0.15) is 0 Å². The first-order valence-corrected chi connectivity index (χ1v) is 7.11. The first-order chi connectivity index (χ1) is 9.43. The van der Waals surface area contributed by atoms with Crippen molar-refractivity contribution in [1.82, 2.24) is 4.98 Å². The van der Waals surface area contributed by atoms with E-state index < -0.39 is 5.97 Å². The summed E-state index contributed by atoms with van der Waals surface area (Å²) < 4.78 is 4.99. The summed E-state index contributed by atoms with van der Waals surface area (Å²) in [6.45, 7) is 6.64. The summed E-state index contributed by atoms with van der Waals surface area (Å²) in [4.78, 5) is 16.0. The molecule has 1 aromatic rings. The summed E-state index contributed by atoms with van der Waals surface area (Å²) in [6, 6.07) is 1.95. The summed E-state index contributed by atoms with van der Waals surface area (Å²) in [7, 11) is 0. The predicted molar refractivity (Wildman–Crippen MR) is 79.6 cm³/mol. The molecule has 2 rings (SSSR count). The first kappa shape index (κ1) is 14.6. The van der Waals surface area contributed by atoms with Gasteiger partial charge in [0.15, 0.2) is 0 Å². The number of carbonyl (C=O) groups excluding carboxylic acids is 1. The van der Waals surface area contributed by atoms with Gasteiger partial charge in [-0.15, -0.1) is 0 Å². The minimum Gasteiger partial charge on any atom is -0.462 e. The number of nitrogens with zero attached hydrogens (tertiary/aromatic N) is 1. The maximum absolute atomic E-state index is 11.8. The number of hydrogen-bond acceptors (Lipinski definition) is 5. The predicted octanol–water partition coefficient (Wildman–Crippen LogP) is 2.83. The third-order valence-corrected chi connectivity index (χ3v) is 3.79. The van der Waals surface area contributed by atoms with E-state index >= 15 is 0 Å². The summed E-state index contributed by atoms with van der Waals surface area (Å²) in [6.07, 6.45) is 4.95. The van der Waals surface area contributed by atoms with E-state index in [1.165, 1.54) is 6.42 Å². The van der Waals surface area contributed by atoms with Gasteiger partial charge in [-0.1, -0.05) is 13.8 Å². The number of ether oxygens (including phenoxy) is 1. The van der Waals surface area contributed by atoms with Gasteiger partial charge in [-0.25, -0.2) is 9.78 Å². The fourth-order valence-electron chi connectivity index (χ4n) is 2.73. The van der Waals surface area contributed by atoms with Gasteiger partial charge in [0.25, 0.3) is 0 Å². The Balaban J connectivity index is 2.13. The molecule has 0 amide bonds. The fourth-order valence-corrected chi connectivity index (χ4v) is 2.73. The minimum absolute atomic E-state index is 0.334. The topological polar surface area (TPSA) is 77.2 Å². The molecule has 1 atom stereocenters. The molecule has 1 heterocycles. The van der Waals surface area contributed by atoms with Gasteiger partial charge < -0.3 is 15.8 Å². The SMILES string of the molecule is CCOC(=O)c1ccnc(NC2CCC(C)(C)C2)c1N. The molecule has 1 saturated carbocycles. The van der Waals surface area contributed by atoms with Crippen LogP contribution in [0.1, 0.15) is 50.4 Å². The monoisotopic (exact) mass is 277 g/mol. The number of nitrogens with one attached hydrogen (secondary N) is 1. The molecule has 1 aromatic heterocycles. The van der Waals surface area contributed by atoms with Crippen molar-refractivity contribution in [2.45, 2.75) is 46.1 Å². The smallest absolute Gasteiger partial charge is 0.340 e. The van der Waals surface area contributed by atoms with Crippen molar-refractivity contribution < 1.29 is 9.53 Å². The average molecular weight is 277 g/mol. The van der Waals surface area contributed by atoms with Crippen molar-refractivity contribution in [3.63, 3.8) is 0 Å². The molecule has 0 radical (unpaired) electrons. The van der Waals surface area contributed by atoms with Crippen LogP contribution >= 0.6 is 0 Å². The quantitative estimate of drug-likeness (QED) is 0.827. The highest BCUT2D eigenvalue weighted by atomic mass is 16.5. The van der Waals surface area contributed by atoms with Crippen LogP contribution in [0.5, 0.6) is 0 Å². The Bertz CT molecular complexity index is 500. The Labute approximate surface area is 119 Å². The van der Waals surface area contributed by atoms with Crippen LogP contribution in [0.4, 0.5) is 11.5 Å². The van der Waals surface area contributed by atoms with E-state index in [1.54, 1.807) is 19.2 Å². The van der Waals surface area contributed by atoms with Crippen LogP contribution < -0.4 is 11.1 Å². The number of nitrogen functional groups attached to an aromatic ring is 1. The van der Waals surface area contributed by atoms with Crippen LogP contribution in [0, 0.1) is 5.41 Å².